The van der Waals surface area contributed by atoms with Crippen LogP contribution in [0.2, 0.25) is 0 Å². The third kappa shape index (κ3) is 6.07. The highest BCUT2D eigenvalue weighted by Gasteiger charge is 2.43. The number of likely N-dealkylation sites (tertiary alicyclic amines) is 1. The van der Waals surface area contributed by atoms with Crippen molar-refractivity contribution in [2.75, 3.05) is 53.7 Å². The van der Waals surface area contributed by atoms with Gasteiger partial charge in [-0.3, -0.25) is 9.59 Å². The Bertz CT molecular complexity index is 1080. The molecule has 2 aromatic carbocycles. The first kappa shape index (κ1) is 27.3. The van der Waals surface area contributed by atoms with Crippen LogP contribution in [0.5, 0.6) is 11.5 Å². The fraction of sp³-hybridized carbons (Fsp3) is 0.517. The van der Waals surface area contributed by atoms with E-state index in [9.17, 15) is 9.59 Å². The van der Waals surface area contributed by atoms with Crippen molar-refractivity contribution in [2.24, 2.45) is 0 Å². The number of hydrogen-bond acceptors (Lipinski definition) is 6. The smallest absolute Gasteiger partial charge is 0.254 e. The Morgan fingerprint density at radius 2 is 1.68 bits per heavy atom. The van der Waals surface area contributed by atoms with Crippen molar-refractivity contribution in [2.45, 2.75) is 49.0 Å². The summed E-state index contributed by atoms with van der Waals surface area (Å²) in [7, 11) is 4.89. The molecular weight excluding hydrogens is 486 g/mol. The number of likely N-dealkylation sites (N-methyl/N-ethyl adjacent to an activating group) is 1. The van der Waals surface area contributed by atoms with Crippen molar-refractivity contribution in [3.8, 4) is 11.5 Å². The molecule has 0 unspecified atom stereocenters. The summed E-state index contributed by atoms with van der Waals surface area (Å²) in [6.07, 6.45) is 8.08. The maximum Gasteiger partial charge on any atom is 0.254 e. The van der Waals surface area contributed by atoms with Crippen LogP contribution in [0, 0.1) is 0 Å². The summed E-state index contributed by atoms with van der Waals surface area (Å²) in [5.41, 5.74) is 2.07. The van der Waals surface area contributed by atoms with Crippen molar-refractivity contribution in [1.82, 2.24) is 15.1 Å². The minimum Gasteiger partial charge on any atom is -0.493 e. The van der Waals surface area contributed by atoms with E-state index in [-0.39, 0.29) is 11.8 Å². The van der Waals surface area contributed by atoms with E-state index in [1.165, 1.54) is 25.7 Å². The third-order valence-electron chi connectivity index (χ3n) is 7.56. The molecule has 0 saturated carbocycles. The number of nitrogens with zero attached hydrogens (tertiary/aromatic N) is 2. The molecule has 0 aliphatic carbocycles. The average molecular weight is 526 g/mol. The quantitative estimate of drug-likeness (QED) is 0.377. The van der Waals surface area contributed by atoms with E-state index < -0.39 is 12.0 Å². The predicted octanol–water partition coefficient (Wildman–Crippen LogP) is 4.72. The van der Waals surface area contributed by atoms with Gasteiger partial charge in [-0.2, -0.15) is 0 Å². The van der Waals surface area contributed by atoms with E-state index in [4.69, 9.17) is 9.47 Å². The van der Waals surface area contributed by atoms with Crippen LogP contribution in [0.25, 0.3) is 0 Å². The van der Waals surface area contributed by atoms with Gasteiger partial charge in [0.05, 0.1) is 26.2 Å². The van der Waals surface area contributed by atoms with Gasteiger partial charge in [0.15, 0.2) is 11.5 Å². The minimum absolute atomic E-state index is 0.0809. The number of ether oxygens (including phenoxy) is 2. The van der Waals surface area contributed by atoms with Crippen molar-refractivity contribution >= 4 is 23.6 Å². The Morgan fingerprint density at radius 1 is 1.03 bits per heavy atom. The molecule has 0 radical (unpaired) electrons. The molecule has 200 valence electrons. The maximum atomic E-state index is 13.8. The molecule has 0 bridgehead atoms. The second-order valence-electron chi connectivity index (χ2n) is 9.81. The molecule has 0 aromatic heterocycles. The Hall–Kier alpha value is -2.71. The molecule has 2 aliphatic heterocycles. The van der Waals surface area contributed by atoms with Gasteiger partial charge in [0.1, 0.15) is 0 Å². The second kappa shape index (κ2) is 12.7. The van der Waals surface area contributed by atoms with Crippen molar-refractivity contribution in [3.63, 3.8) is 0 Å². The van der Waals surface area contributed by atoms with Crippen LogP contribution in [0.15, 0.2) is 41.3 Å². The van der Waals surface area contributed by atoms with Crippen LogP contribution in [-0.2, 0) is 4.79 Å². The zero-order chi connectivity index (χ0) is 26.4. The minimum atomic E-state index is -0.573. The van der Waals surface area contributed by atoms with Crippen LogP contribution in [-0.4, -0.2) is 75.3 Å². The number of fused-ring (bicyclic) bond motifs is 1. The lowest BCUT2D eigenvalue weighted by Crippen LogP contribution is -2.46. The molecule has 8 heteroatoms. The first-order chi connectivity index (χ1) is 18.0. The number of benzene rings is 2. The van der Waals surface area contributed by atoms with Crippen molar-refractivity contribution in [3.05, 3.63) is 53.1 Å². The first-order valence-corrected chi connectivity index (χ1v) is 14.4. The van der Waals surface area contributed by atoms with E-state index in [1.807, 2.05) is 30.5 Å². The molecule has 2 heterocycles. The van der Waals surface area contributed by atoms with Gasteiger partial charge >= 0.3 is 0 Å². The Kier molecular flexibility index (Phi) is 9.38. The lowest BCUT2D eigenvalue weighted by molar-refractivity contribution is -0.124. The summed E-state index contributed by atoms with van der Waals surface area (Å²) >= 11 is 1.66. The van der Waals surface area contributed by atoms with E-state index in [2.05, 4.69) is 10.2 Å². The molecule has 2 aromatic rings. The first-order valence-electron chi connectivity index (χ1n) is 13.2. The molecule has 4 rings (SSSR count). The van der Waals surface area contributed by atoms with Gasteiger partial charge in [-0.15, -0.1) is 11.8 Å². The standard InChI is InChI=1S/C29H39N3O4S/c1-31-27(20-10-12-21(37-4)13-11-20)26(22-18-24(35-2)25(36-3)19-23(22)29(31)34)28(33)30-14-9-17-32-15-7-5-6-8-16-32/h10-13,18-19,26-27H,5-9,14-17H2,1-4H3,(H,30,33)/t26-,27-/m0/s1. The predicted molar refractivity (Wildman–Crippen MR) is 148 cm³/mol. The lowest BCUT2D eigenvalue weighted by Gasteiger charge is -2.40. The van der Waals surface area contributed by atoms with E-state index in [0.29, 0.717) is 29.2 Å². The molecule has 1 saturated heterocycles. The van der Waals surface area contributed by atoms with Crippen LogP contribution in [0.3, 0.4) is 0 Å². The summed E-state index contributed by atoms with van der Waals surface area (Å²) in [5.74, 6) is 0.190. The zero-order valence-electron chi connectivity index (χ0n) is 22.4. The molecule has 0 spiro atoms. The van der Waals surface area contributed by atoms with Crippen LogP contribution in [0.1, 0.15) is 65.5 Å². The van der Waals surface area contributed by atoms with Crippen molar-refractivity contribution in [1.29, 1.82) is 0 Å². The molecule has 2 aliphatic rings. The summed E-state index contributed by atoms with van der Waals surface area (Å²) in [6, 6.07) is 11.2. The topological polar surface area (TPSA) is 71.1 Å². The fourth-order valence-electron chi connectivity index (χ4n) is 5.53. The number of carbonyl (C=O) groups is 2. The Labute approximate surface area is 224 Å². The monoisotopic (exact) mass is 525 g/mol. The van der Waals surface area contributed by atoms with Gasteiger partial charge < -0.3 is 24.6 Å². The number of methoxy groups -OCH3 is 2. The lowest BCUT2D eigenvalue weighted by atomic mass is 9.79. The molecule has 2 atom stereocenters. The van der Waals surface area contributed by atoms with Crippen LogP contribution < -0.4 is 14.8 Å². The highest BCUT2D eigenvalue weighted by Crippen LogP contribution is 2.45. The SMILES string of the molecule is COc1cc2c(cc1OC)[C@H](C(=O)NCCCN1CCCCCC1)[C@H](c1ccc(SC)cc1)N(C)C2=O. The fourth-order valence-corrected chi connectivity index (χ4v) is 5.94. The summed E-state index contributed by atoms with van der Waals surface area (Å²) in [6.45, 7) is 3.88. The van der Waals surface area contributed by atoms with Gasteiger partial charge in [-0.05, 0) is 80.5 Å². The molecule has 7 nitrogen and oxygen atoms in total. The molecule has 1 N–H and O–H groups in total. The van der Waals surface area contributed by atoms with Gasteiger partial charge in [0.25, 0.3) is 5.91 Å². The van der Waals surface area contributed by atoms with Gasteiger partial charge in [-0.25, -0.2) is 0 Å². The van der Waals surface area contributed by atoms with E-state index >= 15 is 0 Å². The number of thioether (sulfide) groups is 1. The summed E-state index contributed by atoms with van der Waals surface area (Å²) < 4.78 is 11.0. The number of amides is 2. The molecular formula is C29H39N3O4S. The number of nitrogens with one attached hydrogen (secondary N) is 1. The highest BCUT2D eigenvalue weighted by atomic mass is 32.2. The van der Waals surface area contributed by atoms with Gasteiger partial charge in [-0.1, -0.05) is 25.0 Å². The average Bonchev–Trinajstić information content (AvgIpc) is 3.21. The van der Waals surface area contributed by atoms with Crippen molar-refractivity contribution < 1.29 is 19.1 Å². The Balaban J connectivity index is 1.62. The third-order valence-corrected chi connectivity index (χ3v) is 8.31. The molecule has 37 heavy (non-hydrogen) atoms. The van der Waals surface area contributed by atoms with E-state index in [0.717, 1.165) is 36.5 Å². The molecule has 1 fully saturated rings. The van der Waals surface area contributed by atoms with Gasteiger partial charge in [0.2, 0.25) is 5.91 Å². The summed E-state index contributed by atoms with van der Waals surface area (Å²) in [4.78, 5) is 32.7. The highest BCUT2D eigenvalue weighted by molar-refractivity contribution is 7.98. The van der Waals surface area contributed by atoms with Crippen LogP contribution >= 0.6 is 11.8 Å². The van der Waals surface area contributed by atoms with Gasteiger partial charge in [0, 0.05) is 24.1 Å². The number of carbonyl (C=O) groups excluding carboxylic acids is 2. The van der Waals surface area contributed by atoms with E-state index in [1.54, 1.807) is 50.1 Å². The summed E-state index contributed by atoms with van der Waals surface area (Å²) in [5, 5.41) is 3.19. The van der Waals surface area contributed by atoms with Crippen LogP contribution in [0.4, 0.5) is 0 Å². The number of rotatable bonds is 9. The molecule has 2 amide bonds. The maximum absolute atomic E-state index is 13.8. The Morgan fingerprint density at radius 3 is 2.30 bits per heavy atom. The number of hydrogen-bond donors (Lipinski definition) is 1. The second-order valence-corrected chi connectivity index (χ2v) is 10.7. The normalized spacial score (nSPS) is 20.2. The zero-order valence-corrected chi connectivity index (χ0v) is 23.2. The largest absolute Gasteiger partial charge is 0.493 e.